The van der Waals surface area contributed by atoms with E-state index in [2.05, 4.69) is 10.6 Å². The van der Waals surface area contributed by atoms with Crippen LogP contribution >= 0.6 is 0 Å². The molecule has 1 rings (SSSR count). The molecule has 0 aromatic rings. The highest BCUT2D eigenvalue weighted by Crippen LogP contribution is 2.10. The molecule has 0 aliphatic carbocycles. The van der Waals surface area contributed by atoms with Crippen molar-refractivity contribution in [2.45, 2.75) is 12.5 Å². The minimum atomic E-state index is -2.82. The Kier molecular flexibility index (Phi) is 4.55. The molecule has 6 nitrogen and oxygen atoms in total. The Morgan fingerprint density at radius 1 is 1.38 bits per heavy atom. The highest BCUT2D eigenvalue weighted by molar-refractivity contribution is 7.91. The second-order valence-electron chi connectivity index (χ2n) is 4.18. The Morgan fingerprint density at radius 2 is 2.06 bits per heavy atom. The third-order valence-corrected chi connectivity index (χ3v) is 4.24. The predicted molar refractivity (Wildman–Crippen MR) is 62.1 cm³/mol. The van der Waals surface area contributed by atoms with Crippen LogP contribution in [-0.2, 0) is 9.84 Å². The summed E-state index contributed by atoms with van der Waals surface area (Å²) in [7, 11) is 0.525. The number of hydrogen-bond donors (Lipinski definition) is 2. The molecular weight excluding hydrogens is 230 g/mol. The van der Waals surface area contributed by atoms with Crippen molar-refractivity contribution < 1.29 is 13.2 Å². The van der Waals surface area contributed by atoms with Gasteiger partial charge in [-0.1, -0.05) is 0 Å². The van der Waals surface area contributed by atoms with Crippen molar-refractivity contribution >= 4 is 15.9 Å². The van der Waals surface area contributed by atoms with Gasteiger partial charge in [0, 0.05) is 33.2 Å². The molecule has 94 valence electrons. The second-order valence-corrected chi connectivity index (χ2v) is 6.41. The quantitative estimate of drug-likeness (QED) is 0.629. The monoisotopic (exact) mass is 249 g/mol. The van der Waals surface area contributed by atoms with Crippen LogP contribution in [-0.4, -0.2) is 64.1 Å². The van der Waals surface area contributed by atoms with Crippen LogP contribution in [0.5, 0.6) is 0 Å². The summed E-state index contributed by atoms with van der Waals surface area (Å²) in [4.78, 5) is 12.6. The lowest BCUT2D eigenvalue weighted by molar-refractivity contribution is 0.217. The molecule has 16 heavy (non-hydrogen) atoms. The fourth-order valence-electron chi connectivity index (χ4n) is 1.56. The number of urea groups is 1. The number of nitrogens with zero attached hydrogens (tertiary/aromatic N) is 1. The lowest BCUT2D eigenvalue weighted by Crippen LogP contribution is -2.41. The van der Waals surface area contributed by atoms with Gasteiger partial charge in [0.1, 0.15) is 0 Å². The fraction of sp³-hybridized carbons (Fsp3) is 0.889. The minimum Gasteiger partial charge on any atom is -0.337 e. The zero-order chi connectivity index (χ0) is 12.2. The van der Waals surface area contributed by atoms with Gasteiger partial charge in [0.2, 0.25) is 0 Å². The number of sulfone groups is 1. The van der Waals surface area contributed by atoms with Gasteiger partial charge in [-0.3, -0.25) is 0 Å². The van der Waals surface area contributed by atoms with Crippen molar-refractivity contribution in [2.75, 3.05) is 38.7 Å². The molecular formula is C9H19N3O3S. The minimum absolute atomic E-state index is 0.0428. The third kappa shape index (κ3) is 4.36. The van der Waals surface area contributed by atoms with E-state index in [0.29, 0.717) is 19.5 Å². The maximum atomic E-state index is 11.2. The summed E-state index contributed by atoms with van der Waals surface area (Å²) in [6.07, 6.45) is 0.671. The summed E-state index contributed by atoms with van der Waals surface area (Å²) in [5.74, 6) is 0.489. The fourth-order valence-corrected chi connectivity index (χ4v) is 3.27. The smallest absolute Gasteiger partial charge is 0.316 e. The molecule has 0 spiro atoms. The van der Waals surface area contributed by atoms with Gasteiger partial charge in [-0.25, -0.2) is 13.2 Å². The number of rotatable bonds is 4. The summed E-state index contributed by atoms with van der Waals surface area (Å²) >= 11 is 0. The Balaban J connectivity index is 2.11. The molecule has 2 N–H and O–H groups in total. The normalized spacial score (nSPS) is 23.0. The van der Waals surface area contributed by atoms with E-state index in [4.69, 9.17) is 0 Å². The molecule has 1 aliphatic heterocycles. The lowest BCUT2D eigenvalue weighted by atomic mass is 10.3. The van der Waals surface area contributed by atoms with Crippen LogP contribution in [0.25, 0.3) is 0 Å². The molecule has 1 aliphatic rings. The first-order chi connectivity index (χ1) is 7.41. The summed E-state index contributed by atoms with van der Waals surface area (Å²) in [6, 6.07) is -0.0953. The Hall–Kier alpha value is -0.820. The molecule has 7 heteroatoms. The number of amides is 2. The van der Waals surface area contributed by atoms with Gasteiger partial charge < -0.3 is 15.5 Å². The molecule has 0 aromatic carbocycles. The van der Waals surface area contributed by atoms with Crippen LogP contribution in [0.2, 0.25) is 0 Å². The average molecular weight is 249 g/mol. The summed E-state index contributed by atoms with van der Waals surface area (Å²) in [6.45, 7) is 1.10. The van der Waals surface area contributed by atoms with Gasteiger partial charge in [-0.05, 0) is 6.42 Å². The zero-order valence-corrected chi connectivity index (χ0v) is 10.5. The van der Waals surface area contributed by atoms with E-state index in [1.54, 1.807) is 14.1 Å². The summed E-state index contributed by atoms with van der Waals surface area (Å²) in [5.41, 5.74) is 0. The maximum absolute atomic E-state index is 11.2. The molecule has 1 heterocycles. The van der Waals surface area contributed by atoms with E-state index in [-0.39, 0.29) is 23.6 Å². The number of carbonyl (C=O) groups excluding carboxylic acids is 1. The van der Waals surface area contributed by atoms with Crippen LogP contribution in [0.3, 0.4) is 0 Å². The molecule has 0 bridgehead atoms. The molecule has 2 amide bonds. The SMILES string of the molecule is CN(C)C(=O)NCCNC1CCS(=O)(=O)C1. The van der Waals surface area contributed by atoms with E-state index in [9.17, 15) is 13.2 Å². The predicted octanol–water partition coefficient (Wildman–Crippen LogP) is -0.966. The molecule has 1 fully saturated rings. The first kappa shape index (κ1) is 13.2. The van der Waals surface area contributed by atoms with Crippen molar-refractivity contribution in [1.29, 1.82) is 0 Å². The molecule has 1 saturated heterocycles. The largest absolute Gasteiger partial charge is 0.337 e. The van der Waals surface area contributed by atoms with Crippen LogP contribution in [0, 0.1) is 0 Å². The molecule has 0 radical (unpaired) electrons. The number of hydrogen-bond acceptors (Lipinski definition) is 4. The zero-order valence-electron chi connectivity index (χ0n) is 9.69. The van der Waals surface area contributed by atoms with E-state index in [1.165, 1.54) is 4.90 Å². The van der Waals surface area contributed by atoms with Gasteiger partial charge in [0.25, 0.3) is 0 Å². The van der Waals surface area contributed by atoms with E-state index in [1.807, 2.05) is 0 Å². The number of carbonyl (C=O) groups is 1. The lowest BCUT2D eigenvalue weighted by Gasteiger charge is -2.14. The van der Waals surface area contributed by atoms with Crippen molar-refractivity contribution in [3.63, 3.8) is 0 Å². The van der Waals surface area contributed by atoms with Gasteiger partial charge in [-0.2, -0.15) is 0 Å². The van der Waals surface area contributed by atoms with Gasteiger partial charge >= 0.3 is 6.03 Å². The van der Waals surface area contributed by atoms with Crippen LogP contribution in [0.1, 0.15) is 6.42 Å². The molecule has 1 unspecified atom stereocenters. The molecule has 0 aromatic heterocycles. The van der Waals surface area contributed by atoms with E-state index >= 15 is 0 Å². The van der Waals surface area contributed by atoms with Gasteiger partial charge in [0.05, 0.1) is 11.5 Å². The van der Waals surface area contributed by atoms with Crippen LogP contribution in [0.15, 0.2) is 0 Å². The Morgan fingerprint density at radius 3 is 2.56 bits per heavy atom. The summed E-state index contributed by atoms with van der Waals surface area (Å²) in [5, 5.41) is 5.82. The highest BCUT2D eigenvalue weighted by atomic mass is 32.2. The van der Waals surface area contributed by atoms with Crippen LogP contribution < -0.4 is 10.6 Å². The Bertz CT molecular complexity index is 340. The highest BCUT2D eigenvalue weighted by Gasteiger charge is 2.26. The number of nitrogens with one attached hydrogen (secondary N) is 2. The summed E-state index contributed by atoms with van der Waals surface area (Å²) < 4.78 is 22.3. The third-order valence-electron chi connectivity index (χ3n) is 2.47. The van der Waals surface area contributed by atoms with Gasteiger partial charge in [0.15, 0.2) is 9.84 Å². The van der Waals surface area contributed by atoms with Crippen molar-refractivity contribution in [2.24, 2.45) is 0 Å². The van der Waals surface area contributed by atoms with E-state index in [0.717, 1.165) is 0 Å². The topological polar surface area (TPSA) is 78.5 Å². The van der Waals surface area contributed by atoms with Crippen LogP contribution in [0.4, 0.5) is 4.79 Å². The maximum Gasteiger partial charge on any atom is 0.316 e. The second kappa shape index (κ2) is 5.49. The average Bonchev–Trinajstić information content (AvgIpc) is 2.52. The van der Waals surface area contributed by atoms with Crippen molar-refractivity contribution in [3.8, 4) is 0 Å². The van der Waals surface area contributed by atoms with Crippen molar-refractivity contribution in [3.05, 3.63) is 0 Å². The van der Waals surface area contributed by atoms with Gasteiger partial charge in [-0.15, -0.1) is 0 Å². The van der Waals surface area contributed by atoms with Crippen molar-refractivity contribution in [1.82, 2.24) is 15.5 Å². The van der Waals surface area contributed by atoms with E-state index < -0.39 is 9.84 Å². The standard InChI is InChI=1S/C9H19N3O3S/c1-12(2)9(13)11-5-4-10-8-3-6-16(14,15)7-8/h8,10H,3-7H2,1-2H3,(H,11,13). The Labute approximate surface area is 96.3 Å². The first-order valence-electron chi connectivity index (χ1n) is 5.30. The molecule has 1 atom stereocenters. The first-order valence-corrected chi connectivity index (χ1v) is 7.12. The molecule has 0 saturated carbocycles.